The van der Waals surface area contributed by atoms with E-state index in [1.165, 1.54) is 12.1 Å². The Kier molecular flexibility index (Phi) is 5.02. The van der Waals surface area contributed by atoms with Gasteiger partial charge in [-0.05, 0) is 38.1 Å². The Morgan fingerprint density at radius 2 is 1.72 bits per heavy atom. The largest absolute Gasteiger partial charge is 0.491 e. The summed E-state index contributed by atoms with van der Waals surface area (Å²) in [4.78, 5) is 0. The molecular weight excluding hydrogens is 243 g/mol. The van der Waals surface area contributed by atoms with Crippen molar-refractivity contribution >= 4 is 0 Å². The van der Waals surface area contributed by atoms with E-state index in [4.69, 9.17) is 4.74 Å². The van der Waals surface area contributed by atoms with Crippen molar-refractivity contribution in [3.05, 3.63) is 29.8 Å². The van der Waals surface area contributed by atoms with E-state index in [0.29, 0.717) is 5.75 Å². The van der Waals surface area contributed by atoms with Crippen molar-refractivity contribution < 1.29 is 17.9 Å². The lowest BCUT2D eigenvalue weighted by Crippen LogP contribution is -2.33. The molecule has 1 N–H and O–H groups in total. The van der Waals surface area contributed by atoms with Crippen LogP contribution in [0.5, 0.6) is 5.75 Å². The first kappa shape index (κ1) is 14.8. The average Bonchev–Trinajstić information content (AvgIpc) is 2.25. The third kappa shape index (κ3) is 4.22. The molecule has 0 heterocycles. The quantitative estimate of drug-likeness (QED) is 0.872. The zero-order valence-corrected chi connectivity index (χ0v) is 10.7. The van der Waals surface area contributed by atoms with Crippen molar-refractivity contribution in [2.24, 2.45) is 0 Å². The summed E-state index contributed by atoms with van der Waals surface area (Å²) >= 11 is 0. The lowest BCUT2D eigenvalue weighted by atomic mass is 10.1. The SMILES string of the molecule is CCNC(c1ccc(OC(C)C)cc1)C(F)(F)F. The third-order valence-corrected chi connectivity index (χ3v) is 2.32. The van der Waals surface area contributed by atoms with Crippen molar-refractivity contribution in [2.75, 3.05) is 6.54 Å². The predicted molar refractivity (Wildman–Crippen MR) is 64.7 cm³/mol. The maximum atomic E-state index is 12.8. The number of hydrogen-bond acceptors (Lipinski definition) is 2. The fourth-order valence-corrected chi connectivity index (χ4v) is 1.64. The molecule has 5 heteroatoms. The van der Waals surface area contributed by atoms with E-state index in [1.54, 1.807) is 19.1 Å². The van der Waals surface area contributed by atoms with Crippen LogP contribution < -0.4 is 10.1 Å². The van der Waals surface area contributed by atoms with E-state index in [9.17, 15) is 13.2 Å². The van der Waals surface area contributed by atoms with Crippen molar-refractivity contribution in [3.63, 3.8) is 0 Å². The van der Waals surface area contributed by atoms with E-state index in [1.807, 2.05) is 13.8 Å². The van der Waals surface area contributed by atoms with Crippen LogP contribution in [0.2, 0.25) is 0 Å². The van der Waals surface area contributed by atoms with Gasteiger partial charge in [0.1, 0.15) is 11.8 Å². The molecule has 0 amide bonds. The molecule has 1 rings (SSSR count). The summed E-state index contributed by atoms with van der Waals surface area (Å²) in [6.45, 7) is 5.64. The number of alkyl halides is 3. The van der Waals surface area contributed by atoms with Gasteiger partial charge in [0.05, 0.1) is 6.10 Å². The fourth-order valence-electron chi connectivity index (χ4n) is 1.64. The summed E-state index contributed by atoms with van der Waals surface area (Å²) < 4.78 is 43.8. The number of halogens is 3. The molecule has 18 heavy (non-hydrogen) atoms. The number of ether oxygens (including phenoxy) is 1. The van der Waals surface area contributed by atoms with Crippen molar-refractivity contribution in [3.8, 4) is 5.75 Å². The van der Waals surface area contributed by atoms with Crippen molar-refractivity contribution in [1.82, 2.24) is 5.32 Å². The van der Waals surface area contributed by atoms with Crippen LogP contribution in [0.25, 0.3) is 0 Å². The summed E-state index contributed by atoms with van der Waals surface area (Å²) in [5.41, 5.74) is 0.195. The van der Waals surface area contributed by atoms with E-state index in [2.05, 4.69) is 5.32 Å². The Morgan fingerprint density at radius 3 is 2.11 bits per heavy atom. The van der Waals surface area contributed by atoms with Gasteiger partial charge in [-0.3, -0.25) is 0 Å². The van der Waals surface area contributed by atoms with E-state index in [0.717, 1.165) is 0 Å². The second-order valence-corrected chi connectivity index (χ2v) is 4.27. The van der Waals surface area contributed by atoms with E-state index < -0.39 is 12.2 Å². The van der Waals surface area contributed by atoms with Gasteiger partial charge >= 0.3 is 6.18 Å². The summed E-state index contributed by atoms with van der Waals surface area (Å²) in [5.74, 6) is 0.575. The van der Waals surface area contributed by atoms with Gasteiger partial charge < -0.3 is 10.1 Å². The van der Waals surface area contributed by atoms with Gasteiger partial charge in [0.25, 0.3) is 0 Å². The summed E-state index contributed by atoms with van der Waals surface area (Å²) in [6.07, 6.45) is -4.29. The number of nitrogens with one attached hydrogen (secondary N) is 1. The normalized spacial score (nSPS) is 13.7. The highest BCUT2D eigenvalue weighted by atomic mass is 19.4. The maximum absolute atomic E-state index is 12.8. The molecule has 0 spiro atoms. The fraction of sp³-hybridized carbons (Fsp3) is 0.538. The molecule has 0 radical (unpaired) electrons. The second-order valence-electron chi connectivity index (χ2n) is 4.27. The minimum atomic E-state index is -4.30. The van der Waals surface area contributed by atoms with Gasteiger partial charge in [0.15, 0.2) is 0 Å². The van der Waals surface area contributed by atoms with Crippen molar-refractivity contribution in [1.29, 1.82) is 0 Å². The molecular formula is C13H18F3NO. The molecule has 0 aliphatic rings. The van der Waals surface area contributed by atoms with Crippen LogP contribution in [0.4, 0.5) is 13.2 Å². The number of hydrogen-bond donors (Lipinski definition) is 1. The Balaban J connectivity index is 2.87. The van der Waals surface area contributed by atoms with Crippen LogP contribution in [0.15, 0.2) is 24.3 Å². The van der Waals surface area contributed by atoms with Crippen molar-refractivity contribution in [2.45, 2.75) is 39.1 Å². The van der Waals surface area contributed by atoms with E-state index >= 15 is 0 Å². The Morgan fingerprint density at radius 1 is 1.17 bits per heavy atom. The minimum Gasteiger partial charge on any atom is -0.491 e. The molecule has 0 saturated carbocycles. The van der Waals surface area contributed by atoms with Crippen LogP contribution in [0.1, 0.15) is 32.4 Å². The monoisotopic (exact) mass is 261 g/mol. The molecule has 0 aliphatic carbocycles. The van der Waals surface area contributed by atoms with E-state index in [-0.39, 0.29) is 18.2 Å². The van der Waals surface area contributed by atoms with Gasteiger partial charge in [0.2, 0.25) is 0 Å². The van der Waals surface area contributed by atoms with Gasteiger partial charge in [0, 0.05) is 0 Å². The van der Waals surface area contributed by atoms with Gasteiger partial charge in [-0.15, -0.1) is 0 Å². The second kappa shape index (κ2) is 6.09. The molecule has 0 fully saturated rings. The highest BCUT2D eigenvalue weighted by Gasteiger charge is 2.40. The smallest absolute Gasteiger partial charge is 0.407 e. The maximum Gasteiger partial charge on any atom is 0.407 e. The zero-order valence-electron chi connectivity index (χ0n) is 10.7. The molecule has 0 aliphatic heterocycles. The Labute approximate surface area is 105 Å². The number of rotatable bonds is 5. The summed E-state index contributed by atoms with van der Waals surface area (Å²) in [6, 6.07) is 4.38. The Hall–Kier alpha value is -1.23. The van der Waals surface area contributed by atoms with Gasteiger partial charge in [-0.25, -0.2) is 0 Å². The average molecular weight is 261 g/mol. The van der Waals surface area contributed by atoms with Crippen LogP contribution in [-0.4, -0.2) is 18.8 Å². The van der Waals surface area contributed by atoms with Gasteiger partial charge in [-0.2, -0.15) is 13.2 Å². The summed E-state index contributed by atoms with van der Waals surface area (Å²) in [7, 11) is 0. The minimum absolute atomic E-state index is 0.00281. The highest BCUT2D eigenvalue weighted by Crippen LogP contribution is 2.33. The molecule has 1 atom stereocenters. The molecule has 0 bridgehead atoms. The Bertz CT molecular complexity index is 359. The predicted octanol–water partition coefficient (Wildman–Crippen LogP) is 3.69. The molecule has 1 unspecified atom stereocenters. The highest BCUT2D eigenvalue weighted by molar-refractivity contribution is 5.30. The lowest BCUT2D eigenvalue weighted by molar-refractivity contribution is -0.157. The third-order valence-electron chi connectivity index (χ3n) is 2.32. The van der Waals surface area contributed by atoms with Crippen LogP contribution in [0.3, 0.4) is 0 Å². The van der Waals surface area contributed by atoms with Crippen LogP contribution >= 0.6 is 0 Å². The summed E-state index contributed by atoms with van der Waals surface area (Å²) in [5, 5.41) is 2.43. The topological polar surface area (TPSA) is 21.3 Å². The standard InChI is InChI=1S/C13H18F3NO/c1-4-17-12(13(14,15)16)10-5-7-11(8-6-10)18-9(2)3/h5-9,12,17H,4H2,1-3H3. The van der Waals surface area contributed by atoms with Gasteiger partial charge in [-0.1, -0.05) is 19.1 Å². The first-order valence-corrected chi connectivity index (χ1v) is 5.91. The molecule has 102 valence electrons. The zero-order chi connectivity index (χ0) is 13.8. The first-order chi connectivity index (χ1) is 8.34. The van der Waals surface area contributed by atoms with Crippen LogP contribution in [0, 0.1) is 0 Å². The first-order valence-electron chi connectivity index (χ1n) is 5.91. The molecule has 0 aromatic heterocycles. The van der Waals surface area contributed by atoms with Crippen LogP contribution in [-0.2, 0) is 0 Å². The molecule has 0 saturated heterocycles. The number of benzene rings is 1. The molecule has 1 aromatic carbocycles. The lowest BCUT2D eigenvalue weighted by Gasteiger charge is -2.21. The molecule has 1 aromatic rings. The molecule has 2 nitrogen and oxygen atoms in total.